The molecule has 3 rings (SSSR count). The molecule has 1 atom stereocenters. The molecule has 1 nitrogen and oxygen atoms in total. The molecule has 0 aromatic heterocycles. The zero-order valence-electron chi connectivity index (χ0n) is 11.0. The minimum atomic E-state index is -0.956. The molecule has 0 radical (unpaired) electrons. The third-order valence-corrected chi connectivity index (χ3v) is 4.32. The van der Waals surface area contributed by atoms with E-state index < -0.39 is 11.9 Å². The maximum Gasteiger partial charge on any atom is 0.130 e. The summed E-state index contributed by atoms with van der Waals surface area (Å²) in [7, 11) is 0. The number of rotatable bonds is 3. The van der Waals surface area contributed by atoms with E-state index in [1.54, 1.807) is 6.07 Å². The summed E-state index contributed by atoms with van der Waals surface area (Å²) in [5, 5.41) is 10.6. The number of aliphatic hydroxyl groups excluding tert-OH is 1. The molecule has 0 bridgehead atoms. The summed E-state index contributed by atoms with van der Waals surface area (Å²) in [4.78, 5) is 0. The number of hydrogen-bond acceptors (Lipinski definition) is 1. The topological polar surface area (TPSA) is 20.2 Å². The molecule has 1 aliphatic carbocycles. The van der Waals surface area contributed by atoms with Crippen molar-refractivity contribution in [3.8, 4) is 0 Å². The Morgan fingerprint density at radius 2 is 1.80 bits per heavy atom. The lowest BCUT2D eigenvalue weighted by Crippen LogP contribution is -2.09. The molecule has 2 aromatic rings. The molecule has 0 aliphatic heterocycles. The van der Waals surface area contributed by atoms with Crippen LogP contribution in [0.4, 0.5) is 4.39 Å². The molecule has 1 saturated carbocycles. The van der Waals surface area contributed by atoms with E-state index in [2.05, 4.69) is 0 Å². The van der Waals surface area contributed by atoms with E-state index in [-0.39, 0.29) is 5.56 Å². The van der Waals surface area contributed by atoms with Crippen LogP contribution in [-0.4, -0.2) is 5.11 Å². The minimum Gasteiger partial charge on any atom is -0.384 e. The number of benzene rings is 2. The van der Waals surface area contributed by atoms with Crippen LogP contribution in [-0.2, 0) is 0 Å². The summed E-state index contributed by atoms with van der Waals surface area (Å²) in [6.45, 7) is 0. The summed E-state index contributed by atoms with van der Waals surface area (Å²) >= 11 is 5.72. The van der Waals surface area contributed by atoms with Crippen LogP contribution in [0.5, 0.6) is 0 Å². The van der Waals surface area contributed by atoms with Crippen LogP contribution in [0, 0.1) is 5.82 Å². The summed E-state index contributed by atoms with van der Waals surface area (Å²) < 4.78 is 13.8. The second-order valence-electron chi connectivity index (χ2n) is 5.36. The first-order valence-electron chi connectivity index (χ1n) is 6.88. The highest BCUT2D eigenvalue weighted by atomic mass is 35.5. The van der Waals surface area contributed by atoms with Crippen molar-refractivity contribution in [3.63, 3.8) is 0 Å². The third-order valence-electron chi connectivity index (χ3n) is 4.09. The smallest absolute Gasteiger partial charge is 0.130 e. The van der Waals surface area contributed by atoms with Gasteiger partial charge in [-0.15, -0.1) is 0 Å². The molecule has 1 N–H and O–H groups in total. The third kappa shape index (κ3) is 2.58. The Kier molecular flexibility index (Phi) is 3.77. The molecule has 1 fully saturated rings. The van der Waals surface area contributed by atoms with Gasteiger partial charge in [-0.05, 0) is 42.0 Å². The van der Waals surface area contributed by atoms with E-state index in [4.69, 9.17) is 11.6 Å². The summed E-state index contributed by atoms with van der Waals surface area (Å²) in [5.74, 6) is 0.182. The fourth-order valence-corrected chi connectivity index (χ4v) is 2.75. The predicted octanol–water partition coefficient (Wildman–Crippen LogP) is 4.83. The van der Waals surface area contributed by atoms with Gasteiger partial charge in [-0.3, -0.25) is 0 Å². The van der Waals surface area contributed by atoms with Crippen molar-refractivity contribution >= 4 is 11.6 Å². The van der Waals surface area contributed by atoms with Gasteiger partial charge in [0, 0.05) is 10.6 Å². The molecular weight excluding hydrogens is 275 g/mol. The lowest BCUT2D eigenvalue weighted by Gasteiger charge is -2.26. The zero-order valence-corrected chi connectivity index (χ0v) is 11.8. The van der Waals surface area contributed by atoms with Gasteiger partial charge in [-0.25, -0.2) is 4.39 Å². The Morgan fingerprint density at radius 3 is 2.35 bits per heavy atom. The van der Waals surface area contributed by atoms with Crippen molar-refractivity contribution in [2.45, 2.75) is 31.3 Å². The van der Waals surface area contributed by atoms with Crippen molar-refractivity contribution in [2.75, 3.05) is 0 Å². The zero-order chi connectivity index (χ0) is 14.1. The molecule has 1 aliphatic rings. The van der Waals surface area contributed by atoms with Gasteiger partial charge in [0.15, 0.2) is 0 Å². The Hall–Kier alpha value is -1.38. The van der Waals surface area contributed by atoms with E-state index in [1.807, 2.05) is 24.3 Å². The molecule has 0 heterocycles. The quantitative estimate of drug-likeness (QED) is 0.858. The van der Waals surface area contributed by atoms with Crippen LogP contribution < -0.4 is 0 Å². The molecule has 2 aromatic carbocycles. The van der Waals surface area contributed by atoms with Crippen LogP contribution in [0.2, 0.25) is 5.02 Å². The molecular formula is C17H16ClFO. The van der Waals surface area contributed by atoms with Crippen molar-refractivity contribution in [2.24, 2.45) is 0 Å². The van der Waals surface area contributed by atoms with Crippen LogP contribution >= 0.6 is 11.6 Å². The van der Waals surface area contributed by atoms with E-state index in [0.717, 1.165) is 0 Å². The largest absolute Gasteiger partial charge is 0.384 e. The van der Waals surface area contributed by atoms with E-state index in [9.17, 15) is 9.50 Å². The van der Waals surface area contributed by atoms with Crippen LogP contribution in [0.25, 0.3) is 0 Å². The van der Waals surface area contributed by atoms with Crippen LogP contribution in [0.1, 0.15) is 48.0 Å². The molecule has 20 heavy (non-hydrogen) atoms. The van der Waals surface area contributed by atoms with Crippen LogP contribution in [0.15, 0.2) is 42.5 Å². The molecule has 104 valence electrons. The summed E-state index contributed by atoms with van der Waals surface area (Å²) in [6.07, 6.45) is 2.83. The van der Waals surface area contributed by atoms with Gasteiger partial charge >= 0.3 is 0 Å². The van der Waals surface area contributed by atoms with Crippen molar-refractivity contribution in [1.82, 2.24) is 0 Å². The molecule has 1 unspecified atom stereocenters. The lowest BCUT2D eigenvalue weighted by atomic mass is 9.80. The monoisotopic (exact) mass is 290 g/mol. The molecule has 0 spiro atoms. The fourth-order valence-electron chi connectivity index (χ4n) is 2.59. The molecule has 0 saturated heterocycles. The average Bonchev–Trinajstić information content (AvgIpc) is 2.37. The summed E-state index contributed by atoms with van der Waals surface area (Å²) in [5.41, 5.74) is 2.27. The van der Waals surface area contributed by atoms with E-state index in [1.165, 1.54) is 37.0 Å². The van der Waals surface area contributed by atoms with Crippen molar-refractivity contribution in [3.05, 3.63) is 70.0 Å². The average molecular weight is 291 g/mol. The van der Waals surface area contributed by atoms with Crippen LogP contribution in [0.3, 0.4) is 0 Å². The van der Waals surface area contributed by atoms with Gasteiger partial charge in [0.25, 0.3) is 0 Å². The number of hydrogen-bond donors (Lipinski definition) is 1. The van der Waals surface area contributed by atoms with Gasteiger partial charge < -0.3 is 5.11 Å². The first-order valence-corrected chi connectivity index (χ1v) is 7.26. The lowest BCUT2D eigenvalue weighted by molar-refractivity contribution is 0.215. The van der Waals surface area contributed by atoms with Gasteiger partial charge in [0.1, 0.15) is 11.9 Å². The Bertz CT molecular complexity index is 605. The van der Waals surface area contributed by atoms with E-state index >= 15 is 0 Å². The minimum absolute atomic E-state index is 0.255. The SMILES string of the molecule is OC(c1ccc(C2CCC2)cc1)c1ccc(Cl)cc1F. The standard InChI is InChI=1S/C17H16ClFO/c18-14-8-9-15(16(19)10-14)17(20)13-6-4-12(5-7-13)11-2-1-3-11/h4-11,17,20H,1-3H2. The molecule has 0 amide bonds. The second kappa shape index (κ2) is 5.55. The number of halogens is 2. The maximum atomic E-state index is 13.8. The Balaban J connectivity index is 1.84. The first kappa shape index (κ1) is 13.6. The van der Waals surface area contributed by atoms with Gasteiger partial charge in [-0.2, -0.15) is 0 Å². The normalized spacial score (nSPS) is 16.8. The van der Waals surface area contributed by atoms with Crippen molar-refractivity contribution in [1.29, 1.82) is 0 Å². The predicted molar refractivity (Wildman–Crippen MR) is 78.5 cm³/mol. The molecule has 3 heteroatoms. The highest BCUT2D eigenvalue weighted by Gasteiger charge is 2.20. The fraction of sp³-hybridized carbons (Fsp3) is 0.294. The van der Waals surface area contributed by atoms with Gasteiger partial charge in [-0.1, -0.05) is 48.4 Å². The highest BCUT2D eigenvalue weighted by Crippen LogP contribution is 2.37. The Labute approximate surface area is 123 Å². The maximum absolute atomic E-state index is 13.8. The second-order valence-corrected chi connectivity index (χ2v) is 5.80. The first-order chi connectivity index (χ1) is 9.65. The van der Waals surface area contributed by atoms with Gasteiger partial charge in [0.2, 0.25) is 0 Å². The van der Waals surface area contributed by atoms with Gasteiger partial charge in [0.05, 0.1) is 0 Å². The highest BCUT2D eigenvalue weighted by molar-refractivity contribution is 6.30. The summed E-state index contributed by atoms with van der Waals surface area (Å²) in [6, 6.07) is 12.2. The van der Waals surface area contributed by atoms with Crippen molar-refractivity contribution < 1.29 is 9.50 Å². The Morgan fingerprint density at radius 1 is 1.10 bits per heavy atom. The van der Waals surface area contributed by atoms with E-state index in [0.29, 0.717) is 16.5 Å². The number of aliphatic hydroxyl groups is 1.